The van der Waals surface area contributed by atoms with E-state index >= 15 is 0 Å². The highest BCUT2D eigenvalue weighted by molar-refractivity contribution is 6.33. The molecule has 3 N–H and O–H groups in total. The Morgan fingerprint density at radius 3 is 1.38 bits per heavy atom. The number of esters is 1. The van der Waals surface area contributed by atoms with E-state index < -0.39 is 0 Å². The maximum atomic E-state index is 11.9. The molecule has 9 aromatic carbocycles. The van der Waals surface area contributed by atoms with Crippen molar-refractivity contribution in [3.8, 4) is 5.75 Å². The normalized spacial score (nSPS) is 10.7. The van der Waals surface area contributed by atoms with Crippen LogP contribution in [0.1, 0.15) is 127 Å². The third-order valence-electron chi connectivity index (χ3n) is 15.8. The molecule has 0 amide bonds. The van der Waals surface area contributed by atoms with Gasteiger partial charge in [-0.1, -0.05) is 206 Å². The van der Waals surface area contributed by atoms with Crippen LogP contribution in [-0.4, -0.2) is 64.5 Å². The minimum absolute atomic E-state index is 0.338. The first-order valence-corrected chi connectivity index (χ1v) is 33.2. The summed E-state index contributed by atoms with van der Waals surface area (Å²) in [4.78, 5) is 54.4. The Kier molecular flexibility index (Phi) is 24.7. The number of nitrogens with one attached hydrogen (secondary N) is 3. The number of anilines is 6. The zero-order valence-electron chi connectivity index (χ0n) is 55.7. The molecule has 0 unspecified atom stereocenters. The number of aromatic nitrogens is 9. The second kappa shape index (κ2) is 34.6. The summed E-state index contributed by atoms with van der Waals surface area (Å²) in [5.74, 6) is 6.24. The fourth-order valence-electron chi connectivity index (χ4n) is 10.7. The van der Waals surface area contributed by atoms with Gasteiger partial charge in [-0.05, 0) is 151 Å². The molecule has 0 spiro atoms. The summed E-state index contributed by atoms with van der Waals surface area (Å²) in [5, 5.41) is 11.3. The topological polar surface area (TPSA) is 188 Å². The van der Waals surface area contributed by atoms with E-state index in [-0.39, 0.29) is 5.97 Å². The van der Waals surface area contributed by atoms with Crippen LogP contribution in [0.15, 0.2) is 218 Å². The molecule has 0 saturated carbocycles. The number of hydrogen-bond donors (Lipinski definition) is 3. The minimum atomic E-state index is -0.346. The number of nitrogens with zero attached hydrogens (tertiary/aromatic N) is 9. The van der Waals surface area contributed by atoms with Gasteiger partial charge in [0.1, 0.15) is 40.7 Å². The molecule has 12 rings (SSSR count). The molecule has 12 aromatic rings. The largest absolute Gasteiger partial charge is 0.497 e. The van der Waals surface area contributed by atoms with E-state index in [0.29, 0.717) is 96.1 Å². The van der Waals surface area contributed by atoms with E-state index in [1.54, 1.807) is 38.3 Å². The Bertz CT molecular complexity index is 4510. The average molecular weight is 1330 g/mol. The van der Waals surface area contributed by atoms with Gasteiger partial charge in [0.2, 0.25) is 17.8 Å². The molecule has 0 aliphatic rings. The smallest absolute Gasteiger partial charge is 0.338 e. The highest BCUT2D eigenvalue weighted by atomic mass is 35.5. The van der Waals surface area contributed by atoms with Gasteiger partial charge in [-0.25, -0.2) is 19.7 Å². The van der Waals surface area contributed by atoms with E-state index in [0.717, 1.165) is 69.8 Å². The lowest BCUT2D eigenvalue weighted by Gasteiger charge is -2.13. The molecular weight excluding hydrogens is 1250 g/mol. The number of hydrogen-bond acceptors (Lipinski definition) is 15. The maximum absolute atomic E-state index is 11.9. The van der Waals surface area contributed by atoms with Crippen molar-refractivity contribution in [3.63, 3.8) is 0 Å². The van der Waals surface area contributed by atoms with E-state index in [2.05, 4.69) is 163 Å². The molecule has 0 aliphatic heterocycles. The fraction of sp³-hybridized carbons (Fsp3) is 0.200. The zero-order chi connectivity index (χ0) is 67.9. The first kappa shape index (κ1) is 69.1. The Morgan fingerprint density at radius 2 is 0.835 bits per heavy atom. The first-order chi connectivity index (χ1) is 47.2. The third-order valence-corrected chi connectivity index (χ3v) is 16.5. The Balaban J connectivity index is 0.000000158. The van der Waals surface area contributed by atoms with Gasteiger partial charge in [0.05, 0.1) is 30.0 Å². The van der Waals surface area contributed by atoms with Crippen molar-refractivity contribution in [2.75, 3.05) is 29.7 Å². The summed E-state index contributed by atoms with van der Waals surface area (Å²) in [7, 11) is 1.65. The van der Waals surface area contributed by atoms with Crippen molar-refractivity contribution in [2.24, 2.45) is 0 Å². The van der Waals surface area contributed by atoms with Gasteiger partial charge >= 0.3 is 5.97 Å². The molecule has 15 nitrogen and oxygen atoms in total. The number of carbonyl (C=O) groups is 1. The van der Waals surface area contributed by atoms with Gasteiger partial charge in [0.25, 0.3) is 0 Å². The summed E-state index contributed by atoms with van der Waals surface area (Å²) >= 11 is 12.7. The molecule has 0 saturated heterocycles. The lowest BCUT2D eigenvalue weighted by molar-refractivity contribution is 0.0526. The third kappa shape index (κ3) is 20.6. The van der Waals surface area contributed by atoms with Crippen LogP contribution in [0.3, 0.4) is 0 Å². The summed E-state index contributed by atoms with van der Waals surface area (Å²) in [5.41, 5.74) is 16.0. The predicted octanol–water partition coefficient (Wildman–Crippen LogP) is 17.9. The molecule has 3 aromatic heterocycles. The van der Waals surface area contributed by atoms with Crippen LogP contribution in [0.4, 0.5) is 34.9 Å². The van der Waals surface area contributed by atoms with Crippen molar-refractivity contribution < 1.29 is 14.3 Å². The van der Waals surface area contributed by atoms with Gasteiger partial charge in [-0.2, -0.15) is 29.9 Å². The molecule has 0 fully saturated rings. The number of carbonyl (C=O) groups excluding carboxylic acids is 1. The molecule has 0 aliphatic carbocycles. The molecule has 97 heavy (non-hydrogen) atoms. The second-order valence-corrected chi connectivity index (χ2v) is 24.0. The molecular formula is C80H78Cl2N12O3. The van der Waals surface area contributed by atoms with Crippen LogP contribution in [0.25, 0.3) is 0 Å². The van der Waals surface area contributed by atoms with Gasteiger partial charge in [0, 0.05) is 54.9 Å². The van der Waals surface area contributed by atoms with Crippen molar-refractivity contribution in [2.45, 2.75) is 92.9 Å². The zero-order valence-corrected chi connectivity index (χ0v) is 57.2. The van der Waals surface area contributed by atoms with Gasteiger partial charge in [-0.3, -0.25) is 0 Å². The highest BCUT2D eigenvalue weighted by Crippen LogP contribution is 2.27. The van der Waals surface area contributed by atoms with Gasteiger partial charge in [-0.15, -0.1) is 0 Å². The maximum Gasteiger partial charge on any atom is 0.338 e. The molecule has 490 valence electrons. The van der Waals surface area contributed by atoms with Crippen LogP contribution in [-0.2, 0) is 56.1 Å². The lowest BCUT2D eigenvalue weighted by atomic mass is 10.0. The van der Waals surface area contributed by atoms with E-state index in [4.69, 9.17) is 62.6 Å². The number of methoxy groups -OCH3 is 1. The monoisotopic (exact) mass is 1320 g/mol. The summed E-state index contributed by atoms with van der Waals surface area (Å²) in [6.07, 6.45) is 5.55. The number of ether oxygens (including phenoxy) is 2. The van der Waals surface area contributed by atoms with Gasteiger partial charge < -0.3 is 25.4 Å². The molecule has 0 radical (unpaired) electrons. The SMILES string of the molecule is CCOC(=O)c1ccc(Nc2nc(Cc3ccc(C)cc3)nc(Cc3ccc(OC)cc3)n2)cc1.CCc1ccccc1Cc1nc(Cc2cccc(C)c2)nc(Nc2ccccc2Cl)n1.CCc1ccccc1Nc1nc(Cc2ccccc2C)nc(Cc2ccccc2Cl)n1. The molecule has 3 heterocycles. The number of para-hydroxylation sites is 2. The fourth-order valence-corrected chi connectivity index (χ4v) is 11.1. The summed E-state index contributed by atoms with van der Waals surface area (Å²) in [6.45, 7) is 12.7. The van der Waals surface area contributed by atoms with Crippen molar-refractivity contribution in [3.05, 3.63) is 330 Å². The van der Waals surface area contributed by atoms with Crippen LogP contribution in [0.2, 0.25) is 10.0 Å². The number of aryl methyl sites for hydroxylation is 5. The average Bonchev–Trinajstić information content (AvgIpc) is 0.915. The Morgan fingerprint density at radius 1 is 0.381 bits per heavy atom. The summed E-state index contributed by atoms with van der Waals surface area (Å²) in [6, 6.07) is 72.0. The van der Waals surface area contributed by atoms with Crippen LogP contribution in [0, 0.1) is 20.8 Å². The molecule has 0 atom stereocenters. The highest BCUT2D eigenvalue weighted by Gasteiger charge is 2.16. The summed E-state index contributed by atoms with van der Waals surface area (Å²) < 4.78 is 10.3. The van der Waals surface area contributed by atoms with E-state index in [1.807, 2.05) is 97.1 Å². The molecule has 17 heteroatoms. The second-order valence-electron chi connectivity index (χ2n) is 23.2. The van der Waals surface area contributed by atoms with Crippen LogP contribution in [0.5, 0.6) is 5.75 Å². The predicted molar refractivity (Wildman–Crippen MR) is 390 cm³/mol. The number of benzene rings is 9. The van der Waals surface area contributed by atoms with E-state index in [9.17, 15) is 4.79 Å². The quantitative estimate of drug-likeness (QED) is 0.0513. The Hall–Kier alpha value is -10.7. The van der Waals surface area contributed by atoms with Crippen molar-refractivity contribution >= 4 is 64.1 Å². The minimum Gasteiger partial charge on any atom is -0.497 e. The number of rotatable bonds is 23. The van der Waals surface area contributed by atoms with Crippen molar-refractivity contribution in [1.29, 1.82) is 0 Å². The molecule has 0 bridgehead atoms. The van der Waals surface area contributed by atoms with Crippen LogP contribution >= 0.6 is 23.2 Å². The van der Waals surface area contributed by atoms with Gasteiger partial charge in [0.15, 0.2) is 0 Å². The number of halogens is 2. The Labute approximate surface area is 578 Å². The standard InChI is InChI=1S/C28H28N4O3.2C26H25ClN4/c1-4-35-27(33)22-11-13-23(14-12-22)29-28-31-25(17-20-7-5-19(2)6-8-20)30-26(32-28)18-21-9-15-24(34-3)16-10-21;1-3-19-11-7-9-15-23(19)28-26-30-24(16-20-12-5-4-10-18(20)2)29-25(31-26)17-21-13-6-8-14-22(21)27;1-3-20-11-4-5-12-21(20)17-25-29-24(16-19-10-8-9-18(2)15-19)30-26(31-25)28-23-14-7-6-13-22(23)27/h5-16H,4,17-18H2,1-3H3,(H,29,30,31,32);2*4-15H,3,16-17H2,1-2H3,(H,28,29,30,31). The first-order valence-electron chi connectivity index (χ1n) is 32.5. The van der Waals surface area contributed by atoms with Crippen LogP contribution < -0.4 is 20.7 Å². The lowest BCUT2D eigenvalue weighted by Crippen LogP contribution is -2.10. The van der Waals surface area contributed by atoms with Crippen molar-refractivity contribution in [1.82, 2.24) is 44.9 Å². The van der Waals surface area contributed by atoms with E-state index in [1.165, 1.54) is 44.5 Å².